The maximum atomic E-state index is 13.6. The summed E-state index contributed by atoms with van der Waals surface area (Å²) in [6.07, 6.45) is 0. The molecule has 0 radical (unpaired) electrons. The molecule has 128 valence electrons. The molecule has 2 atom stereocenters. The van der Waals surface area contributed by atoms with Gasteiger partial charge in [-0.25, -0.2) is 8.78 Å². The number of benzene rings is 2. The molecule has 0 fully saturated rings. The number of Topliss-reactive ketones (excluding diaryl/α,β-unsaturated/α-hetero) is 1. The van der Waals surface area contributed by atoms with Gasteiger partial charge in [-0.2, -0.15) is 0 Å². The van der Waals surface area contributed by atoms with E-state index < -0.39 is 35.0 Å². The molecule has 0 aliphatic carbocycles. The Hall–Kier alpha value is -1.47. The lowest BCUT2D eigenvalue weighted by Gasteiger charge is -2.21. The third-order valence-corrected chi connectivity index (χ3v) is 5.04. The molecule has 0 bridgehead atoms. The number of halogens is 4. The highest BCUT2D eigenvalue weighted by Crippen LogP contribution is 2.32. The van der Waals surface area contributed by atoms with Crippen molar-refractivity contribution in [2.45, 2.75) is 11.8 Å². The van der Waals surface area contributed by atoms with Gasteiger partial charge in [0.15, 0.2) is 23.1 Å². The molecule has 0 amide bonds. The SMILES string of the molecule is O=C(C(CBr)c1ccc(O)c(F)c1)C(CBr)c1ccc(O)c(F)c1. The third kappa shape index (κ3) is 3.95. The molecule has 2 aromatic carbocycles. The summed E-state index contributed by atoms with van der Waals surface area (Å²) in [5.74, 6) is -4.16. The summed E-state index contributed by atoms with van der Waals surface area (Å²) in [5.41, 5.74) is 0.828. The van der Waals surface area contributed by atoms with Crippen LogP contribution in [0.15, 0.2) is 36.4 Å². The highest BCUT2D eigenvalue weighted by molar-refractivity contribution is 9.09. The summed E-state index contributed by atoms with van der Waals surface area (Å²) in [6, 6.07) is 7.56. The van der Waals surface area contributed by atoms with E-state index in [-0.39, 0.29) is 16.4 Å². The number of aromatic hydroxyl groups is 2. The van der Waals surface area contributed by atoms with Crippen molar-refractivity contribution in [2.24, 2.45) is 0 Å². The molecule has 3 nitrogen and oxygen atoms in total. The Labute approximate surface area is 154 Å². The lowest BCUT2D eigenvalue weighted by Crippen LogP contribution is -2.23. The smallest absolute Gasteiger partial charge is 0.165 e. The van der Waals surface area contributed by atoms with E-state index in [1.165, 1.54) is 24.3 Å². The maximum absolute atomic E-state index is 13.6. The van der Waals surface area contributed by atoms with Gasteiger partial charge in [-0.1, -0.05) is 44.0 Å². The standard InChI is InChI=1S/C17H14Br2F2O3/c18-7-11(9-1-3-15(22)13(20)5-9)17(24)12(8-19)10-2-4-16(23)14(21)6-10/h1-6,11-12,22-23H,7-8H2. The van der Waals surface area contributed by atoms with E-state index in [2.05, 4.69) is 31.9 Å². The minimum atomic E-state index is -0.808. The van der Waals surface area contributed by atoms with Crippen molar-refractivity contribution >= 4 is 37.6 Å². The van der Waals surface area contributed by atoms with Gasteiger partial charge in [-0.05, 0) is 35.4 Å². The van der Waals surface area contributed by atoms with Crippen LogP contribution < -0.4 is 0 Å². The Balaban J connectivity index is 2.37. The van der Waals surface area contributed by atoms with Gasteiger partial charge in [0, 0.05) is 10.7 Å². The van der Waals surface area contributed by atoms with Crippen LogP contribution >= 0.6 is 31.9 Å². The van der Waals surface area contributed by atoms with Gasteiger partial charge in [-0.3, -0.25) is 4.79 Å². The van der Waals surface area contributed by atoms with Crippen LogP contribution in [-0.4, -0.2) is 26.7 Å². The Bertz CT molecular complexity index is 691. The minimum Gasteiger partial charge on any atom is -0.505 e. The Kier molecular flexibility index (Phi) is 6.34. The first-order valence-electron chi connectivity index (χ1n) is 7.01. The molecular formula is C17H14Br2F2O3. The van der Waals surface area contributed by atoms with Crippen molar-refractivity contribution < 1.29 is 23.8 Å². The lowest BCUT2D eigenvalue weighted by molar-refractivity contribution is -0.121. The highest BCUT2D eigenvalue weighted by atomic mass is 79.9. The van der Waals surface area contributed by atoms with Gasteiger partial charge >= 0.3 is 0 Å². The zero-order valence-electron chi connectivity index (χ0n) is 12.3. The second kappa shape index (κ2) is 8.07. The molecule has 2 aromatic rings. The van der Waals surface area contributed by atoms with Crippen LogP contribution in [-0.2, 0) is 4.79 Å². The molecule has 0 spiro atoms. The fourth-order valence-corrected chi connectivity index (χ4v) is 3.77. The Morgan fingerprint density at radius 1 is 0.875 bits per heavy atom. The summed E-state index contributed by atoms with van der Waals surface area (Å²) in [6.45, 7) is 0. The summed E-state index contributed by atoms with van der Waals surface area (Å²) in [4.78, 5) is 12.9. The van der Waals surface area contributed by atoms with Crippen LogP contribution in [0.3, 0.4) is 0 Å². The largest absolute Gasteiger partial charge is 0.505 e. The zero-order chi connectivity index (χ0) is 17.9. The predicted molar refractivity (Wildman–Crippen MR) is 94.2 cm³/mol. The summed E-state index contributed by atoms with van der Waals surface area (Å²) in [7, 11) is 0. The first kappa shape index (κ1) is 18.9. The molecular weight excluding hydrogens is 450 g/mol. The molecule has 2 unspecified atom stereocenters. The number of carbonyl (C=O) groups excluding carboxylic acids is 1. The Morgan fingerprint density at radius 2 is 1.25 bits per heavy atom. The number of alkyl halides is 2. The molecule has 0 heterocycles. The van der Waals surface area contributed by atoms with Crippen molar-refractivity contribution in [3.05, 3.63) is 59.2 Å². The van der Waals surface area contributed by atoms with E-state index in [0.717, 1.165) is 12.1 Å². The van der Waals surface area contributed by atoms with Crippen molar-refractivity contribution in [1.82, 2.24) is 0 Å². The molecule has 2 rings (SSSR count). The van der Waals surface area contributed by atoms with Crippen molar-refractivity contribution in [3.8, 4) is 11.5 Å². The summed E-state index contributed by atoms with van der Waals surface area (Å²) in [5, 5.41) is 19.1. The van der Waals surface area contributed by atoms with E-state index in [1.54, 1.807) is 0 Å². The highest BCUT2D eigenvalue weighted by Gasteiger charge is 2.29. The average Bonchev–Trinajstić information content (AvgIpc) is 2.55. The van der Waals surface area contributed by atoms with Crippen LogP contribution in [0.5, 0.6) is 11.5 Å². The monoisotopic (exact) mass is 462 g/mol. The zero-order valence-corrected chi connectivity index (χ0v) is 15.5. The van der Waals surface area contributed by atoms with Crippen LogP contribution in [0.2, 0.25) is 0 Å². The molecule has 0 saturated heterocycles. The van der Waals surface area contributed by atoms with Gasteiger partial charge < -0.3 is 10.2 Å². The number of hydrogen-bond donors (Lipinski definition) is 2. The fourth-order valence-electron chi connectivity index (χ4n) is 2.38. The number of phenolic OH excluding ortho intramolecular Hbond substituents is 2. The van der Waals surface area contributed by atoms with E-state index in [4.69, 9.17) is 0 Å². The molecule has 2 N–H and O–H groups in total. The second-order valence-corrected chi connectivity index (χ2v) is 6.53. The van der Waals surface area contributed by atoms with E-state index in [1.807, 2.05) is 0 Å². The third-order valence-electron chi connectivity index (χ3n) is 3.74. The summed E-state index contributed by atoms with van der Waals surface area (Å²) >= 11 is 6.51. The number of hydrogen-bond acceptors (Lipinski definition) is 3. The van der Waals surface area contributed by atoms with Crippen LogP contribution in [0, 0.1) is 11.6 Å². The fraction of sp³-hybridized carbons (Fsp3) is 0.235. The van der Waals surface area contributed by atoms with Crippen LogP contribution in [0.1, 0.15) is 23.0 Å². The molecule has 0 aromatic heterocycles. The quantitative estimate of drug-likeness (QED) is 0.615. The maximum Gasteiger partial charge on any atom is 0.165 e. The van der Waals surface area contributed by atoms with Crippen molar-refractivity contribution in [3.63, 3.8) is 0 Å². The van der Waals surface area contributed by atoms with Crippen molar-refractivity contribution in [2.75, 3.05) is 10.7 Å². The molecule has 0 saturated carbocycles. The van der Waals surface area contributed by atoms with E-state index in [0.29, 0.717) is 11.1 Å². The second-order valence-electron chi connectivity index (χ2n) is 5.24. The molecule has 24 heavy (non-hydrogen) atoms. The first-order chi connectivity index (χ1) is 11.4. The topological polar surface area (TPSA) is 57.5 Å². The lowest BCUT2D eigenvalue weighted by atomic mass is 9.85. The van der Waals surface area contributed by atoms with Crippen LogP contribution in [0.25, 0.3) is 0 Å². The number of ketones is 1. The van der Waals surface area contributed by atoms with Gasteiger partial charge in [0.2, 0.25) is 0 Å². The van der Waals surface area contributed by atoms with Gasteiger partial charge in [0.25, 0.3) is 0 Å². The molecule has 7 heteroatoms. The number of phenols is 2. The predicted octanol–water partition coefficient (Wildman–Crippen LogP) is 4.60. The van der Waals surface area contributed by atoms with E-state index >= 15 is 0 Å². The average molecular weight is 464 g/mol. The van der Waals surface area contributed by atoms with Gasteiger partial charge in [-0.15, -0.1) is 0 Å². The van der Waals surface area contributed by atoms with E-state index in [9.17, 15) is 23.8 Å². The van der Waals surface area contributed by atoms with Gasteiger partial charge in [0.05, 0.1) is 11.8 Å². The minimum absolute atomic E-state index is 0.237. The first-order valence-corrected chi connectivity index (χ1v) is 9.25. The molecule has 0 aliphatic heterocycles. The van der Waals surface area contributed by atoms with Gasteiger partial charge in [0.1, 0.15) is 5.78 Å². The number of carbonyl (C=O) groups is 1. The summed E-state index contributed by atoms with van der Waals surface area (Å²) < 4.78 is 27.2. The normalized spacial score (nSPS) is 13.5. The van der Waals surface area contributed by atoms with Crippen molar-refractivity contribution in [1.29, 1.82) is 0 Å². The molecule has 0 aliphatic rings. The number of rotatable bonds is 6. The Morgan fingerprint density at radius 3 is 1.54 bits per heavy atom. The van der Waals surface area contributed by atoms with Crippen LogP contribution in [0.4, 0.5) is 8.78 Å².